The lowest BCUT2D eigenvalue weighted by Crippen LogP contribution is -2.36. The lowest BCUT2D eigenvalue weighted by molar-refractivity contribution is 0.122. The molecule has 10 heteroatoms. The number of urea groups is 1. The molecule has 0 radical (unpaired) electrons. The van der Waals surface area contributed by atoms with Crippen molar-refractivity contribution in [1.29, 1.82) is 0 Å². The van der Waals surface area contributed by atoms with Crippen LogP contribution in [0.5, 0.6) is 0 Å². The summed E-state index contributed by atoms with van der Waals surface area (Å²) in [6.07, 6.45) is 5.13. The molecule has 3 aromatic heterocycles. The smallest absolute Gasteiger partial charge is 0.321 e. The van der Waals surface area contributed by atoms with Crippen molar-refractivity contribution in [2.45, 2.75) is 0 Å². The molecule has 4 heterocycles. The number of carbonyl (C=O) groups is 1. The molecule has 0 saturated carbocycles. The third-order valence-electron chi connectivity index (χ3n) is 5.50. The minimum absolute atomic E-state index is 0.191. The number of imidazole rings is 1. The van der Waals surface area contributed by atoms with Crippen LogP contribution in [0.1, 0.15) is 0 Å². The van der Waals surface area contributed by atoms with E-state index in [1.54, 1.807) is 12.3 Å². The molecule has 0 spiro atoms. The summed E-state index contributed by atoms with van der Waals surface area (Å²) in [6.45, 7) is 2.94. The summed E-state index contributed by atoms with van der Waals surface area (Å²) < 4.78 is 20.2. The summed E-state index contributed by atoms with van der Waals surface area (Å²) in [7, 11) is 1.51. The number of nitrogens with one attached hydrogen (secondary N) is 3. The summed E-state index contributed by atoms with van der Waals surface area (Å²) >= 11 is 0. The Labute approximate surface area is 189 Å². The van der Waals surface area contributed by atoms with Crippen LogP contribution in [0, 0.1) is 5.82 Å². The van der Waals surface area contributed by atoms with E-state index in [2.05, 4.69) is 35.5 Å². The molecule has 168 valence electrons. The first-order valence-corrected chi connectivity index (χ1v) is 10.5. The number of fused-ring (bicyclic) bond motifs is 1. The van der Waals surface area contributed by atoms with E-state index < -0.39 is 11.8 Å². The van der Waals surface area contributed by atoms with E-state index >= 15 is 0 Å². The van der Waals surface area contributed by atoms with E-state index in [1.807, 2.05) is 24.4 Å². The molecule has 9 nitrogen and oxygen atoms in total. The minimum Gasteiger partial charge on any atom is -0.378 e. The number of aromatic amines is 1. The van der Waals surface area contributed by atoms with Gasteiger partial charge in [0.2, 0.25) is 5.95 Å². The Balaban J connectivity index is 1.64. The number of morpholine rings is 1. The average Bonchev–Trinajstić information content (AvgIpc) is 3.26. The summed E-state index contributed by atoms with van der Waals surface area (Å²) in [4.78, 5) is 30.2. The van der Waals surface area contributed by atoms with Crippen molar-refractivity contribution in [2.24, 2.45) is 0 Å². The number of carbonyl (C=O) groups excluding carboxylic acids is 1. The number of H-pyrrole nitrogens is 1. The molecule has 3 N–H and O–H groups in total. The third-order valence-corrected chi connectivity index (χ3v) is 5.50. The van der Waals surface area contributed by atoms with Gasteiger partial charge in [-0.2, -0.15) is 0 Å². The van der Waals surface area contributed by atoms with Crippen molar-refractivity contribution in [1.82, 2.24) is 25.3 Å². The predicted molar refractivity (Wildman–Crippen MR) is 124 cm³/mol. The maximum Gasteiger partial charge on any atom is 0.321 e. The maximum atomic E-state index is 14.7. The second kappa shape index (κ2) is 8.83. The number of anilines is 2. The first kappa shape index (κ1) is 20.8. The van der Waals surface area contributed by atoms with Gasteiger partial charge in [0.1, 0.15) is 11.5 Å². The number of amides is 2. The van der Waals surface area contributed by atoms with Crippen LogP contribution in [0.15, 0.2) is 48.9 Å². The van der Waals surface area contributed by atoms with Crippen LogP contribution in [-0.4, -0.2) is 59.3 Å². The number of aromatic nitrogens is 4. The molecule has 5 rings (SSSR count). The van der Waals surface area contributed by atoms with Gasteiger partial charge in [-0.1, -0.05) is 0 Å². The monoisotopic (exact) mass is 447 g/mol. The maximum absolute atomic E-state index is 14.7. The van der Waals surface area contributed by atoms with Gasteiger partial charge in [-0.3, -0.25) is 15.3 Å². The van der Waals surface area contributed by atoms with Gasteiger partial charge in [-0.15, -0.1) is 0 Å². The van der Waals surface area contributed by atoms with Gasteiger partial charge < -0.3 is 19.9 Å². The molecule has 2 amide bonds. The summed E-state index contributed by atoms with van der Waals surface area (Å²) in [5.74, 6) is -0.203. The Bertz CT molecular complexity index is 1320. The van der Waals surface area contributed by atoms with Crippen molar-refractivity contribution < 1.29 is 13.9 Å². The average molecular weight is 447 g/mol. The van der Waals surface area contributed by atoms with Crippen LogP contribution >= 0.6 is 0 Å². The molecule has 1 aliphatic heterocycles. The molecular weight excluding hydrogens is 425 g/mol. The van der Waals surface area contributed by atoms with Gasteiger partial charge in [-0.25, -0.2) is 14.2 Å². The lowest BCUT2D eigenvalue weighted by Gasteiger charge is -2.28. The molecular formula is C23H22FN7O2. The van der Waals surface area contributed by atoms with Gasteiger partial charge in [0.25, 0.3) is 0 Å². The molecule has 0 bridgehead atoms. The number of rotatable bonds is 4. The van der Waals surface area contributed by atoms with E-state index in [0.717, 1.165) is 29.9 Å². The third kappa shape index (κ3) is 4.20. The molecule has 4 aromatic rings. The highest BCUT2D eigenvalue weighted by atomic mass is 19.1. The molecule has 1 aliphatic rings. The van der Waals surface area contributed by atoms with Crippen molar-refractivity contribution in [3.63, 3.8) is 0 Å². The van der Waals surface area contributed by atoms with Crippen LogP contribution in [0.2, 0.25) is 0 Å². The second-order valence-electron chi connectivity index (χ2n) is 7.57. The van der Waals surface area contributed by atoms with Gasteiger partial charge >= 0.3 is 6.03 Å². The summed E-state index contributed by atoms with van der Waals surface area (Å²) in [6, 6.07) is 8.28. The summed E-state index contributed by atoms with van der Waals surface area (Å²) in [5, 5.41) is 5.11. The van der Waals surface area contributed by atoms with Gasteiger partial charge in [-0.05, 0) is 35.9 Å². The SMILES string of the molecule is CNC(=O)Nc1nc2cc(-c3cncc(N4CCOCC4)c3)cc(-c3ncccc3F)c2[nH]1. The number of pyridine rings is 2. The Morgan fingerprint density at radius 1 is 1.18 bits per heavy atom. The number of nitrogens with zero attached hydrogens (tertiary/aromatic N) is 4. The van der Waals surface area contributed by atoms with Gasteiger partial charge in [0.05, 0.1) is 36.1 Å². The van der Waals surface area contributed by atoms with Crippen LogP contribution in [-0.2, 0) is 4.74 Å². The molecule has 1 fully saturated rings. The lowest BCUT2D eigenvalue weighted by atomic mass is 10.0. The zero-order valence-corrected chi connectivity index (χ0v) is 17.9. The highest BCUT2D eigenvalue weighted by molar-refractivity contribution is 5.98. The van der Waals surface area contributed by atoms with E-state index in [-0.39, 0.29) is 11.6 Å². The minimum atomic E-state index is -0.452. The fraction of sp³-hybridized carbons (Fsp3) is 0.217. The van der Waals surface area contributed by atoms with Crippen LogP contribution < -0.4 is 15.5 Å². The first-order valence-electron chi connectivity index (χ1n) is 10.5. The quantitative estimate of drug-likeness (QED) is 0.443. The van der Waals surface area contributed by atoms with Crippen LogP contribution in [0.4, 0.5) is 20.8 Å². The fourth-order valence-corrected chi connectivity index (χ4v) is 3.86. The zero-order chi connectivity index (χ0) is 22.8. The second-order valence-corrected chi connectivity index (χ2v) is 7.57. The largest absolute Gasteiger partial charge is 0.378 e. The van der Waals surface area contributed by atoms with Crippen LogP contribution in [0.25, 0.3) is 33.4 Å². The van der Waals surface area contributed by atoms with Crippen molar-refractivity contribution in [3.8, 4) is 22.4 Å². The first-order chi connectivity index (χ1) is 16.1. The van der Waals surface area contributed by atoms with Crippen molar-refractivity contribution in [2.75, 3.05) is 43.6 Å². The summed E-state index contributed by atoms with van der Waals surface area (Å²) in [5.41, 5.74) is 4.53. The van der Waals surface area contributed by atoms with E-state index in [9.17, 15) is 9.18 Å². The molecule has 1 saturated heterocycles. The standard InChI is InChI=1S/C23H22FN7O2/c1-25-23(32)30-22-28-19-11-14(10-17(21(19)29-22)20-18(24)3-2-4-27-20)15-9-16(13-26-12-15)31-5-7-33-8-6-31/h2-4,9-13H,5-8H2,1H3,(H3,25,28,29,30,32). The van der Waals surface area contributed by atoms with Crippen molar-refractivity contribution in [3.05, 3.63) is 54.7 Å². The van der Waals surface area contributed by atoms with E-state index in [1.165, 1.54) is 19.3 Å². The van der Waals surface area contributed by atoms with E-state index in [4.69, 9.17) is 4.74 Å². The normalized spacial score (nSPS) is 13.8. The number of hydrogen-bond acceptors (Lipinski definition) is 6. The predicted octanol–water partition coefficient (Wildman–Crippen LogP) is 3.41. The topological polar surface area (TPSA) is 108 Å². The molecule has 0 atom stereocenters. The Morgan fingerprint density at radius 3 is 2.82 bits per heavy atom. The molecule has 0 unspecified atom stereocenters. The number of hydrogen-bond donors (Lipinski definition) is 3. The zero-order valence-electron chi connectivity index (χ0n) is 17.9. The highest BCUT2D eigenvalue weighted by Gasteiger charge is 2.18. The van der Waals surface area contributed by atoms with Crippen LogP contribution in [0.3, 0.4) is 0 Å². The Hall–Kier alpha value is -4.05. The van der Waals surface area contributed by atoms with Gasteiger partial charge in [0.15, 0.2) is 0 Å². The highest BCUT2D eigenvalue weighted by Crippen LogP contribution is 2.34. The molecule has 33 heavy (non-hydrogen) atoms. The Kier molecular flexibility index (Phi) is 5.57. The molecule has 0 aliphatic carbocycles. The van der Waals surface area contributed by atoms with Gasteiger partial charge in [0, 0.05) is 43.7 Å². The number of benzene rings is 1. The van der Waals surface area contributed by atoms with E-state index in [0.29, 0.717) is 29.8 Å². The Morgan fingerprint density at radius 2 is 2.03 bits per heavy atom. The van der Waals surface area contributed by atoms with Crippen molar-refractivity contribution >= 4 is 28.7 Å². The number of halogens is 1. The fourth-order valence-electron chi connectivity index (χ4n) is 3.86. The molecule has 1 aromatic carbocycles. The number of ether oxygens (including phenoxy) is 1.